The molecule has 0 aliphatic rings. The topological polar surface area (TPSA) is 67.4 Å². The second-order valence-electron chi connectivity index (χ2n) is 7.66. The van der Waals surface area contributed by atoms with E-state index in [0.29, 0.717) is 23.5 Å². The van der Waals surface area contributed by atoms with Crippen LogP contribution in [0, 0.1) is 6.92 Å². The molecule has 0 bridgehead atoms. The van der Waals surface area contributed by atoms with E-state index in [1.165, 1.54) is 0 Å². The number of carbonyl (C=O) groups excluding carboxylic acids is 2. The van der Waals surface area contributed by atoms with E-state index >= 15 is 0 Å². The maximum atomic E-state index is 12.4. The van der Waals surface area contributed by atoms with Gasteiger partial charge in [-0.2, -0.15) is 0 Å². The maximum absolute atomic E-state index is 12.4. The van der Waals surface area contributed by atoms with Crippen LogP contribution >= 0.6 is 15.9 Å². The highest BCUT2D eigenvalue weighted by Crippen LogP contribution is 2.33. The largest absolute Gasteiger partial charge is 0.483 e. The van der Waals surface area contributed by atoms with Gasteiger partial charge in [0.25, 0.3) is 5.91 Å². The Morgan fingerprint density at radius 2 is 1.75 bits per heavy atom. The van der Waals surface area contributed by atoms with Crippen LogP contribution in [0.2, 0.25) is 0 Å². The van der Waals surface area contributed by atoms with Gasteiger partial charge in [-0.05, 0) is 48.2 Å². The molecule has 28 heavy (non-hydrogen) atoms. The van der Waals surface area contributed by atoms with Crippen LogP contribution in [0.1, 0.15) is 45.2 Å². The van der Waals surface area contributed by atoms with Gasteiger partial charge in [-0.3, -0.25) is 9.59 Å². The van der Waals surface area contributed by atoms with Crippen LogP contribution < -0.4 is 15.4 Å². The number of aryl methyl sites for hydroxylation is 1. The number of amides is 2. The summed E-state index contributed by atoms with van der Waals surface area (Å²) in [7, 11) is 0. The van der Waals surface area contributed by atoms with Crippen LogP contribution in [0.4, 0.5) is 11.4 Å². The molecule has 0 atom stereocenters. The zero-order valence-electron chi connectivity index (χ0n) is 17.0. The van der Waals surface area contributed by atoms with E-state index < -0.39 is 0 Å². The van der Waals surface area contributed by atoms with Gasteiger partial charge in [0.1, 0.15) is 5.75 Å². The number of carbonyl (C=O) groups is 2. The fourth-order valence-electron chi connectivity index (χ4n) is 2.63. The Hall–Kier alpha value is -2.34. The fourth-order valence-corrected chi connectivity index (χ4v) is 2.99. The Balaban J connectivity index is 2.06. The van der Waals surface area contributed by atoms with Crippen molar-refractivity contribution in [3.05, 3.63) is 52.0 Å². The summed E-state index contributed by atoms with van der Waals surface area (Å²) in [6, 6.07) is 11.2. The minimum atomic E-state index is -0.264. The van der Waals surface area contributed by atoms with E-state index in [1.807, 2.05) is 31.2 Å². The molecule has 0 heterocycles. The lowest BCUT2D eigenvalue weighted by Crippen LogP contribution is -2.22. The van der Waals surface area contributed by atoms with Gasteiger partial charge in [-0.1, -0.05) is 49.7 Å². The molecule has 2 N–H and O–H groups in total. The summed E-state index contributed by atoms with van der Waals surface area (Å²) in [5.41, 5.74) is 3.14. The molecule has 2 amide bonds. The van der Waals surface area contributed by atoms with E-state index in [0.717, 1.165) is 15.6 Å². The number of nitrogens with one attached hydrogen (secondary N) is 2. The number of anilines is 2. The van der Waals surface area contributed by atoms with Gasteiger partial charge in [0.15, 0.2) is 6.61 Å². The van der Waals surface area contributed by atoms with Gasteiger partial charge in [-0.15, -0.1) is 0 Å². The summed E-state index contributed by atoms with van der Waals surface area (Å²) in [5.74, 6) is 0.352. The van der Waals surface area contributed by atoms with E-state index in [4.69, 9.17) is 4.74 Å². The third-order valence-corrected chi connectivity index (χ3v) is 4.72. The lowest BCUT2D eigenvalue weighted by Gasteiger charge is -2.23. The highest BCUT2D eigenvalue weighted by Gasteiger charge is 2.20. The number of hydrogen-bond donors (Lipinski definition) is 2. The molecule has 2 aromatic carbocycles. The molecule has 0 spiro atoms. The molecule has 0 aromatic heterocycles. The lowest BCUT2D eigenvalue weighted by molar-refractivity contribution is -0.118. The highest BCUT2D eigenvalue weighted by atomic mass is 79.9. The molecular weight excluding hydrogens is 420 g/mol. The van der Waals surface area contributed by atoms with Crippen molar-refractivity contribution in [1.82, 2.24) is 0 Å². The van der Waals surface area contributed by atoms with Crippen LogP contribution in [0.5, 0.6) is 5.75 Å². The molecule has 0 aliphatic heterocycles. The van der Waals surface area contributed by atoms with Crippen molar-refractivity contribution in [1.29, 1.82) is 0 Å². The molecule has 2 aromatic rings. The van der Waals surface area contributed by atoms with Crippen molar-refractivity contribution < 1.29 is 14.3 Å². The number of rotatable bonds is 6. The molecular formula is C22H27BrN2O3. The van der Waals surface area contributed by atoms with Crippen molar-refractivity contribution in [2.75, 3.05) is 17.2 Å². The van der Waals surface area contributed by atoms with Crippen molar-refractivity contribution in [3.63, 3.8) is 0 Å². The molecule has 0 saturated heterocycles. The van der Waals surface area contributed by atoms with Gasteiger partial charge in [0, 0.05) is 27.8 Å². The number of halogens is 1. The van der Waals surface area contributed by atoms with Crippen molar-refractivity contribution >= 4 is 39.1 Å². The van der Waals surface area contributed by atoms with E-state index in [1.54, 1.807) is 19.1 Å². The minimum absolute atomic E-state index is 0.0696. The SMILES string of the molecule is CCC(=O)Nc1cc(NC(=O)COc2ccc(Br)cc2C(C)(C)C)ccc1C. The Bertz CT molecular complexity index is 873. The molecule has 6 heteroatoms. The Kier molecular flexibility index (Phi) is 7.24. The Morgan fingerprint density at radius 1 is 1.04 bits per heavy atom. The summed E-state index contributed by atoms with van der Waals surface area (Å²) >= 11 is 3.48. The summed E-state index contributed by atoms with van der Waals surface area (Å²) in [6.45, 7) is 9.89. The second-order valence-corrected chi connectivity index (χ2v) is 8.57. The Labute approximate surface area is 175 Å². The molecule has 0 aliphatic carbocycles. The van der Waals surface area contributed by atoms with Crippen LogP contribution in [0.3, 0.4) is 0 Å². The number of ether oxygens (including phenoxy) is 1. The first-order valence-electron chi connectivity index (χ1n) is 9.23. The maximum Gasteiger partial charge on any atom is 0.262 e. The lowest BCUT2D eigenvalue weighted by atomic mass is 9.86. The smallest absolute Gasteiger partial charge is 0.262 e. The molecule has 0 unspecified atom stereocenters. The second kappa shape index (κ2) is 9.24. The van der Waals surface area contributed by atoms with Gasteiger partial charge < -0.3 is 15.4 Å². The molecule has 2 rings (SSSR count). The fraction of sp³-hybridized carbons (Fsp3) is 0.364. The third kappa shape index (κ3) is 6.09. The van der Waals surface area contributed by atoms with Crippen LogP contribution in [0.15, 0.2) is 40.9 Å². The summed E-state index contributed by atoms with van der Waals surface area (Å²) in [6.07, 6.45) is 0.396. The van der Waals surface area contributed by atoms with Crippen molar-refractivity contribution in [3.8, 4) is 5.75 Å². The predicted molar refractivity (Wildman–Crippen MR) is 117 cm³/mol. The minimum Gasteiger partial charge on any atom is -0.483 e. The average Bonchev–Trinajstić information content (AvgIpc) is 2.62. The molecule has 0 fully saturated rings. The first kappa shape index (κ1) is 22.0. The van der Waals surface area contributed by atoms with Gasteiger partial charge in [-0.25, -0.2) is 0 Å². The predicted octanol–water partition coefficient (Wildman–Crippen LogP) is 5.42. The summed E-state index contributed by atoms with van der Waals surface area (Å²) in [4.78, 5) is 24.0. The van der Waals surface area contributed by atoms with Crippen LogP contribution in [-0.4, -0.2) is 18.4 Å². The molecule has 0 radical (unpaired) electrons. The summed E-state index contributed by atoms with van der Waals surface area (Å²) in [5, 5.41) is 5.65. The number of hydrogen-bond acceptors (Lipinski definition) is 3. The highest BCUT2D eigenvalue weighted by molar-refractivity contribution is 9.10. The zero-order valence-corrected chi connectivity index (χ0v) is 18.6. The first-order chi connectivity index (χ1) is 13.1. The zero-order chi connectivity index (χ0) is 20.9. The normalized spacial score (nSPS) is 11.1. The third-order valence-electron chi connectivity index (χ3n) is 4.22. The standard InChI is InChI=1S/C22H27BrN2O3/c1-6-20(26)25-18-12-16(9-7-14(18)2)24-21(27)13-28-19-10-8-15(23)11-17(19)22(3,4)5/h7-12H,6,13H2,1-5H3,(H,24,27)(H,25,26). The van der Waals surface area contributed by atoms with E-state index in [-0.39, 0.29) is 23.8 Å². The van der Waals surface area contributed by atoms with Crippen molar-refractivity contribution in [2.24, 2.45) is 0 Å². The van der Waals surface area contributed by atoms with E-state index in [9.17, 15) is 9.59 Å². The van der Waals surface area contributed by atoms with Gasteiger partial charge in [0.2, 0.25) is 5.91 Å². The van der Waals surface area contributed by atoms with Gasteiger partial charge in [0.05, 0.1) is 0 Å². The van der Waals surface area contributed by atoms with Crippen LogP contribution in [-0.2, 0) is 15.0 Å². The van der Waals surface area contributed by atoms with E-state index in [2.05, 4.69) is 47.3 Å². The molecule has 5 nitrogen and oxygen atoms in total. The number of benzene rings is 2. The monoisotopic (exact) mass is 446 g/mol. The quantitative estimate of drug-likeness (QED) is 0.621. The average molecular weight is 447 g/mol. The van der Waals surface area contributed by atoms with Gasteiger partial charge >= 0.3 is 0 Å². The Morgan fingerprint density at radius 3 is 2.39 bits per heavy atom. The van der Waals surface area contributed by atoms with Crippen molar-refractivity contribution in [2.45, 2.75) is 46.5 Å². The molecule has 0 saturated carbocycles. The van der Waals surface area contributed by atoms with Crippen LogP contribution in [0.25, 0.3) is 0 Å². The molecule has 150 valence electrons. The first-order valence-corrected chi connectivity index (χ1v) is 10.0. The summed E-state index contributed by atoms with van der Waals surface area (Å²) < 4.78 is 6.75.